The molecule has 0 aliphatic rings. The second-order valence-electron chi connectivity index (χ2n) is 6.58. The topological polar surface area (TPSA) is 134 Å². The van der Waals surface area contributed by atoms with Gasteiger partial charge in [0.25, 0.3) is 5.91 Å². The molecule has 170 valence electrons. The van der Waals surface area contributed by atoms with Gasteiger partial charge in [-0.2, -0.15) is 0 Å². The average Bonchev–Trinajstić information content (AvgIpc) is 3.18. The smallest absolute Gasteiger partial charge is 0.311 e. The fourth-order valence-corrected chi connectivity index (χ4v) is 2.82. The van der Waals surface area contributed by atoms with E-state index in [9.17, 15) is 23.7 Å². The third-order valence-corrected chi connectivity index (χ3v) is 4.36. The molecule has 0 aliphatic carbocycles. The zero-order valence-electron chi connectivity index (χ0n) is 16.9. The molecule has 0 radical (unpaired) electrons. The number of carbonyl (C=O) groups excluding carboxylic acids is 1. The minimum Gasteiger partial charge on any atom is -0.490 e. The molecule has 3 rings (SSSR count). The van der Waals surface area contributed by atoms with Crippen LogP contribution in [-0.4, -0.2) is 22.9 Å². The molecule has 0 fully saturated rings. The molecule has 1 atom stereocenters. The van der Waals surface area contributed by atoms with Gasteiger partial charge in [-0.25, -0.2) is 13.8 Å². The van der Waals surface area contributed by atoms with E-state index >= 15 is 0 Å². The Hall–Kier alpha value is -3.57. The van der Waals surface area contributed by atoms with E-state index in [-0.39, 0.29) is 58.9 Å². The van der Waals surface area contributed by atoms with Gasteiger partial charge >= 0.3 is 5.69 Å². The number of nitrogens with two attached hydrogens (primary N) is 1. The lowest BCUT2D eigenvalue weighted by molar-refractivity contribution is -0.385. The maximum atomic E-state index is 13.8. The molecule has 32 heavy (non-hydrogen) atoms. The van der Waals surface area contributed by atoms with Crippen LogP contribution in [0.15, 0.2) is 40.8 Å². The molecule has 0 saturated heterocycles. The summed E-state index contributed by atoms with van der Waals surface area (Å²) in [6, 6.07) is 6.33. The lowest BCUT2D eigenvalue weighted by Gasteiger charge is -2.07. The molecular weight excluding hydrogens is 450 g/mol. The van der Waals surface area contributed by atoms with Gasteiger partial charge in [-0.3, -0.25) is 14.9 Å². The maximum Gasteiger partial charge on any atom is 0.311 e. The van der Waals surface area contributed by atoms with E-state index in [2.05, 4.69) is 10.3 Å². The summed E-state index contributed by atoms with van der Waals surface area (Å²) in [6.07, 6.45) is 0. The number of nitro groups is 1. The third kappa shape index (κ3) is 5.18. The molecule has 0 spiro atoms. The van der Waals surface area contributed by atoms with E-state index in [4.69, 9.17) is 14.9 Å². The Bertz CT molecular complexity index is 1150. The van der Waals surface area contributed by atoms with E-state index in [1.165, 1.54) is 31.4 Å². The fourth-order valence-electron chi connectivity index (χ4n) is 2.82. The average molecular weight is 469 g/mol. The van der Waals surface area contributed by atoms with Crippen LogP contribution in [-0.2, 0) is 6.54 Å². The minimum absolute atomic E-state index is 0. The Morgan fingerprint density at radius 1 is 1.31 bits per heavy atom. The molecule has 0 saturated carbocycles. The van der Waals surface area contributed by atoms with Crippen molar-refractivity contribution in [1.29, 1.82) is 0 Å². The van der Waals surface area contributed by atoms with E-state index in [1.54, 1.807) is 6.92 Å². The predicted octanol–water partition coefficient (Wildman–Crippen LogP) is 3.91. The van der Waals surface area contributed by atoms with Gasteiger partial charge in [0, 0.05) is 29.8 Å². The van der Waals surface area contributed by atoms with Crippen molar-refractivity contribution in [3.05, 3.63) is 75.2 Å². The van der Waals surface area contributed by atoms with Crippen molar-refractivity contribution in [1.82, 2.24) is 10.3 Å². The number of nitro benzene ring substituents is 1. The Morgan fingerprint density at radius 2 is 2.03 bits per heavy atom. The molecule has 3 aromatic rings. The van der Waals surface area contributed by atoms with Crippen molar-refractivity contribution in [3.8, 4) is 17.2 Å². The van der Waals surface area contributed by atoms with Gasteiger partial charge in [-0.05, 0) is 25.1 Å². The Morgan fingerprint density at radius 3 is 2.62 bits per heavy atom. The second kappa shape index (κ2) is 10.2. The van der Waals surface area contributed by atoms with E-state index in [0.29, 0.717) is 6.07 Å². The van der Waals surface area contributed by atoms with Crippen LogP contribution in [0, 0.1) is 21.7 Å². The van der Waals surface area contributed by atoms with Crippen LogP contribution in [0.2, 0.25) is 0 Å². The Balaban J connectivity index is 0.00000363. The van der Waals surface area contributed by atoms with E-state index in [0.717, 1.165) is 6.07 Å². The number of hydrogen-bond acceptors (Lipinski definition) is 7. The summed E-state index contributed by atoms with van der Waals surface area (Å²) in [7, 11) is 1.30. The number of aromatic nitrogens is 1. The van der Waals surface area contributed by atoms with Crippen LogP contribution in [0.1, 0.15) is 34.8 Å². The molecule has 0 aliphatic heterocycles. The maximum absolute atomic E-state index is 13.8. The number of hydrogen-bond donors (Lipinski definition) is 2. The number of rotatable bonds is 7. The zero-order chi connectivity index (χ0) is 22.7. The van der Waals surface area contributed by atoms with Gasteiger partial charge in [-0.15, -0.1) is 12.4 Å². The van der Waals surface area contributed by atoms with Gasteiger partial charge < -0.3 is 20.2 Å². The number of ether oxygens (including phenoxy) is 1. The predicted molar refractivity (Wildman–Crippen MR) is 113 cm³/mol. The molecule has 1 amide bonds. The van der Waals surface area contributed by atoms with Gasteiger partial charge in [-0.1, -0.05) is 6.07 Å². The molecule has 1 heterocycles. The number of halogens is 3. The fraction of sp³-hybridized carbons (Fsp3) is 0.200. The quantitative estimate of drug-likeness (QED) is 0.396. The monoisotopic (exact) mass is 468 g/mol. The Labute approximate surface area is 187 Å². The number of amides is 1. The SMILES string of the molecule is COc1ccc(-c2nc(C(=O)NCc3ccc(F)cc3F)c(C(C)N)o2)cc1[N+](=O)[O-].Cl. The second-order valence-corrected chi connectivity index (χ2v) is 6.58. The molecule has 1 aromatic heterocycles. The van der Waals surface area contributed by atoms with Crippen molar-refractivity contribution in [3.63, 3.8) is 0 Å². The summed E-state index contributed by atoms with van der Waals surface area (Å²) >= 11 is 0. The summed E-state index contributed by atoms with van der Waals surface area (Å²) in [5, 5.41) is 13.7. The van der Waals surface area contributed by atoms with Gasteiger partial charge in [0.05, 0.1) is 18.1 Å². The number of methoxy groups -OCH3 is 1. The normalized spacial score (nSPS) is 11.4. The van der Waals surface area contributed by atoms with Gasteiger partial charge in [0.1, 0.15) is 11.6 Å². The summed E-state index contributed by atoms with van der Waals surface area (Å²) in [5.41, 5.74) is 5.73. The summed E-state index contributed by atoms with van der Waals surface area (Å²) in [6.45, 7) is 1.34. The molecule has 9 nitrogen and oxygen atoms in total. The number of oxazole rings is 1. The highest BCUT2D eigenvalue weighted by atomic mass is 35.5. The minimum atomic E-state index is -0.806. The third-order valence-electron chi connectivity index (χ3n) is 4.36. The highest BCUT2D eigenvalue weighted by Gasteiger charge is 2.25. The highest BCUT2D eigenvalue weighted by molar-refractivity contribution is 5.94. The van der Waals surface area contributed by atoms with E-state index in [1.807, 2.05) is 0 Å². The highest BCUT2D eigenvalue weighted by Crippen LogP contribution is 2.33. The number of carbonyl (C=O) groups is 1. The van der Waals surface area contributed by atoms with Crippen LogP contribution in [0.25, 0.3) is 11.5 Å². The number of nitrogens with zero attached hydrogens (tertiary/aromatic N) is 2. The summed E-state index contributed by atoms with van der Waals surface area (Å²) in [4.78, 5) is 27.4. The van der Waals surface area contributed by atoms with Crippen LogP contribution in [0.5, 0.6) is 5.75 Å². The first-order chi connectivity index (χ1) is 14.7. The van der Waals surface area contributed by atoms with Crippen LogP contribution < -0.4 is 15.8 Å². The number of benzene rings is 2. The summed E-state index contributed by atoms with van der Waals surface area (Å²) in [5.74, 6) is -2.21. The van der Waals surface area contributed by atoms with Crippen LogP contribution in [0.4, 0.5) is 14.5 Å². The van der Waals surface area contributed by atoms with Crippen LogP contribution >= 0.6 is 12.4 Å². The molecule has 1 unspecified atom stereocenters. The first-order valence-electron chi connectivity index (χ1n) is 9.02. The largest absolute Gasteiger partial charge is 0.490 e. The van der Waals surface area contributed by atoms with Crippen molar-refractivity contribution >= 4 is 24.0 Å². The summed E-state index contributed by atoms with van der Waals surface area (Å²) < 4.78 is 37.4. The van der Waals surface area contributed by atoms with Gasteiger partial charge in [0.2, 0.25) is 5.89 Å². The van der Waals surface area contributed by atoms with Crippen molar-refractivity contribution in [2.75, 3.05) is 7.11 Å². The number of nitrogens with one attached hydrogen (secondary N) is 1. The van der Waals surface area contributed by atoms with Gasteiger partial charge in [0.15, 0.2) is 17.2 Å². The van der Waals surface area contributed by atoms with Crippen LogP contribution in [0.3, 0.4) is 0 Å². The standard InChI is InChI=1S/C20H18F2N4O5.ClH/c1-10(23)18-17(19(27)24-9-12-3-5-13(21)8-14(12)22)25-20(31-18)11-4-6-16(30-2)15(7-11)26(28)29;/h3-8,10H,9,23H2,1-2H3,(H,24,27);1H. The first kappa shape index (κ1) is 24.7. The van der Waals surface area contributed by atoms with Crippen molar-refractivity contribution in [2.45, 2.75) is 19.5 Å². The molecule has 12 heteroatoms. The lowest BCUT2D eigenvalue weighted by atomic mass is 10.2. The first-order valence-corrected chi connectivity index (χ1v) is 9.02. The van der Waals surface area contributed by atoms with E-state index < -0.39 is 28.5 Å². The lowest BCUT2D eigenvalue weighted by Crippen LogP contribution is -2.25. The molecule has 2 aromatic carbocycles. The molecule has 0 bridgehead atoms. The van der Waals surface area contributed by atoms with Crippen molar-refractivity contribution in [2.24, 2.45) is 5.73 Å². The molecular formula is C20H19ClF2N4O5. The zero-order valence-corrected chi connectivity index (χ0v) is 17.7. The molecule has 3 N–H and O–H groups in total. The Kier molecular flexibility index (Phi) is 7.84. The van der Waals surface area contributed by atoms with Crippen molar-refractivity contribution < 1.29 is 27.7 Å².